The van der Waals surface area contributed by atoms with Crippen molar-refractivity contribution in [3.8, 4) is 5.88 Å². The Morgan fingerprint density at radius 3 is 2.67 bits per heavy atom. The van der Waals surface area contributed by atoms with Crippen LogP contribution in [0.2, 0.25) is 0 Å². The van der Waals surface area contributed by atoms with E-state index < -0.39 is 6.61 Å². The Hall–Kier alpha value is -0.910. The van der Waals surface area contributed by atoms with Crippen LogP contribution in [0.4, 0.5) is 14.5 Å². The molecule has 3 nitrogen and oxygen atoms in total. The maximum absolute atomic E-state index is 11.6. The number of halogens is 3. The average molecular weight is 239 g/mol. The van der Waals surface area contributed by atoms with E-state index in [1.165, 1.54) is 12.1 Å². The lowest BCUT2D eigenvalue weighted by Gasteiger charge is -2.03. The van der Waals surface area contributed by atoms with Crippen molar-refractivity contribution in [3.63, 3.8) is 0 Å². The lowest BCUT2D eigenvalue weighted by Crippen LogP contribution is -2.04. The van der Waals surface area contributed by atoms with Crippen LogP contribution < -0.4 is 10.5 Å². The molecular formula is C6H5BrF2N2O. The maximum Gasteiger partial charge on any atom is 0.388 e. The summed E-state index contributed by atoms with van der Waals surface area (Å²) < 4.78 is 27.6. The number of rotatable bonds is 2. The van der Waals surface area contributed by atoms with E-state index in [9.17, 15) is 8.78 Å². The van der Waals surface area contributed by atoms with Crippen LogP contribution in [-0.4, -0.2) is 11.6 Å². The summed E-state index contributed by atoms with van der Waals surface area (Å²) in [6, 6.07) is 2.70. The van der Waals surface area contributed by atoms with Crippen LogP contribution in [0.25, 0.3) is 0 Å². The highest BCUT2D eigenvalue weighted by Crippen LogP contribution is 2.20. The van der Waals surface area contributed by atoms with Gasteiger partial charge < -0.3 is 10.5 Å². The van der Waals surface area contributed by atoms with Crippen molar-refractivity contribution in [1.29, 1.82) is 0 Å². The molecule has 0 aromatic carbocycles. The van der Waals surface area contributed by atoms with E-state index in [-0.39, 0.29) is 5.88 Å². The van der Waals surface area contributed by atoms with E-state index in [0.29, 0.717) is 10.3 Å². The van der Waals surface area contributed by atoms with Gasteiger partial charge in [-0.3, -0.25) is 0 Å². The van der Waals surface area contributed by atoms with Crippen molar-refractivity contribution in [1.82, 2.24) is 4.98 Å². The summed E-state index contributed by atoms with van der Waals surface area (Å²) in [7, 11) is 0. The summed E-state index contributed by atoms with van der Waals surface area (Å²) in [5.41, 5.74) is 5.74. The zero-order valence-corrected chi connectivity index (χ0v) is 7.38. The highest BCUT2D eigenvalue weighted by molar-refractivity contribution is 9.10. The zero-order chi connectivity index (χ0) is 9.14. The quantitative estimate of drug-likeness (QED) is 0.803. The largest absolute Gasteiger partial charge is 0.417 e. The van der Waals surface area contributed by atoms with Crippen LogP contribution in [0.3, 0.4) is 0 Å². The molecule has 66 valence electrons. The Labute approximate surface area is 75.7 Å². The number of ether oxygens (including phenoxy) is 1. The fraction of sp³-hybridized carbons (Fsp3) is 0.167. The number of hydrogen-bond acceptors (Lipinski definition) is 3. The highest BCUT2D eigenvalue weighted by atomic mass is 79.9. The first-order chi connectivity index (χ1) is 5.59. The van der Waals surface area contributed by atoms with Crippen LogP contribution in [0.5, 0.6) is 5.88 Å². The molecule has 0 fully saturated rings. The second-order valence-corrected chi connectivity index (χ2v) is 2.66. The van der Waals surface area contributed by atoms with Crippen molar-refractivity contribution in [3.05, 3.63) is 16.7 Å². The van der Waals surface area contributed by atoms with Crippen molar-refractivity contribution in [2.45, 2.75) is 6.61 Å². The average Bonchev–Trinajstić information content (AvgIpc) is 1.96. The third kappa shape index (κ3) is 2.30. The molecule has 0 aliphatic rings. The van der Waals surface area contributed by atoms with Gasteiger partial charge in [-0.25, -0.2) is 4.98 Å². The van der Waals surface area contributed by atoms with Crippen molar-refractivity contribution in [2.75, 3.05) is 5.73 Å². The van der Waals surface area contributed by atoms with Gasteiger partial charge in [0, 0.05) is 6.07 Å². The third-order valence-electron chi connectivity index (χ3n) is 1.06. The SMILES string of the molecule is Nc1ccc(OC(F)F)nc1Br. The van der Waals surface area contributed by atoms with Gasteiger partial charge in [0.25, 0.3) is 0 Å². The Bertz CT molecular complexity index is 282. The zero-order valence-electron chi connectivity index (χ0n) is 5.80. The maximum atomic E-state index is 11.6. The van der Waals surface area contributed by atoms with Gasteiger partial charge in [-0.1, -0.05) is 0 Å². The molecule has 0 unspecified atom stereocenters. The van der Waals surface area contributed by atoms with Gasteiger partial charge in [0.2, 0.25) is 5.88 Å². The highest BCUT2D eigenvalue weighted by Gasteiger charge is 2.06. The molecule has 1 heterocycles. The van der Waals surface area contributed by atoms with E-state index in [4.69, 9.17) is 5.73 Å². The summed E-state index contributed by atoms with van der Waals surface area (Å²) in [4.78, 5) is 3.60. The van der Waals surface area contributed by atoms with Crippen molar-refractivity contribution in [2.24, 2.45) is 0 Å². The second kappa shape index (κ2) is 3.66. The van der Waals surface area contributed by atoms with Gasteiger partial charge in [-0.15, -0.1) is 0 Å². The van der Waals surface area contributed by atoms with Crippen LogP contribution in [0.1, 0.15) is 0 Å². The van der Waals surface area contributed by atoms with Gasteiger partial charge in [-0.05, 0) is 22.0 Å². The van der Waals surface area contributed by atoms with Gasteiger partial charge in [-0.2, -0.15) is 8.78 Å². The molecule has 0 radical (unpaired) electrons. The standard InChI is InChI=1S/C6H5BrF2N2O/c7-5-3(10)1-2-4(11-5)12-6(8)9/h1-2,6H,10H2. The molecule has 0 bridgehead atoms. The molecule has 0 amide bonds. The second-order valence-electron chi connectivity index (χ2n) is 1.91. The number of pyridine rings is 1. The summed E-state index contributed by atoms with van der Waals surface area (Å²) in [6.07, 6.45) is 0. The van der Waals surface area contributed by atoms with Crippen LogP contribution in [0, 0.1) is 0 Å². The molecular weight excluding hydrogens is 234 g/mol. The van der Waals surface area contributed by atoms with Crippen LogP contribution in [-0.2, 0) is 0 Å². The fourth-order valence-corrected chi connectivity index (χ4v) is 0.892. The predicted octanol–water partition coefficient (Wildman–Crippen LogP) is 2.03. The Morgan fingerprint density at radius 2 is 2.17 bits per heavy atom. The van der Waals surface area contributed by atoms with Crippen molar-refractivity contribution >= 4 is 21.6 Å². The lowest BCUT2D eigenvalue weighted by atomic mass is 10.4. The molecule has 0 saturated heterocycles. The molecule has 1 rings (SSSR count). The number of aromatic nitrogens is 1. The van der Waals surface area contributed by atoms with Crippen molar-refractivity contribution < 1.29 is 13.5 Å². The van der Waals surface area contributed by atoms with E-state index in [2.05, 4.69) is 25.7 Å². The molecule has 6 heteroatoms. The molecule has 0 aliphatic heterocycles. The number of anilines is 1. The Balaban J connectivity index is 2.82. The normalized spacial score (nSPS) is 10.3. The van der Waals surface area contributed by atoms with Gasteiger partial charge in [0.15, 0.2) is 0 Å². The first-order valence-electron chi connectivity index (χ1n) is 2.96. The molecule has 1 aromatic rings. The number of hydrogen-bond donors (Lipinski definition) is 1. The number of nitrogen functional groups attached to an aromatic ring is 1. The topological polar surface area (TPSA) is 48.1 Å². The number of nitrogens with two attached hydrogens (primary N) is 1. The molecule has 2 N–H and O–H groups in total. The van der Waals surface area contributed by atoms with E-state index in [1.807, 2.05) is 0 Å². The first kappa shape index (κ1) is 9.18. The molecule has 0 spiro atoms. The van der Waals surface area contributed by atoms with Crippen LogP contribution in [0.15, 0.2) is 16.7 Å². The minimum Gasteiger partial charge on any atom is -0.417 e. The smallest absolute Gasteiger partial charge is 0.388 e. The summed E-state index contributed by atoms with van der Waals surface area (Å²) in [5, 5.41) is 0. The number of nitrogens with zero attached hydrogens (tertiary/aromatic N) is 1. The van der Waals surface area contributed by atoms with E-state index in [0.717, 1.165) is 0 Å². The molecule has 0 atom stereocenters. The number of alkyl halides is 2. The molecule has 0 saturated carbocycles. The predicted molar refractivity (Wildman–Crippen MR) is 43.0 cm³/mol. The lowest BCUT2D eigenvalue weighted by molar-refractivity contribution is -0.0529. The third-order valence-corrected chi connectivity index (χ3v) is 1.70. The van der Waals surface area contributed by atoms with Gasteiger partial charge >= 0.3 is 6.61 Å². The van der Waals surface area contributed by atoms with Gasteiger partial charge in [0.05, 0.1) is 5.69 Å². The molecule has 12 heavy (non-hydrogen) atoms. The monoisotopic (exact) mass is 238 g/mol. The Morgan fingerprint density at radius 1 is 1.50 bits per heavy atom. The molecule has 0 aliphatic carbocycles. The minimum atomic E-state index is -2.87. The van der Waals surface area contributed by atoms with Crippen LogP contribution >= 0.6 is 15.9 Å². The summed E-state index contributed by atoms with van der Waals surface area (Å²) >= 11 is 2.97. The minimum absolute atomic E-state index is 0.161. The molecule has 1 aromatic heterocycles. The van der Waals surface area contributed by atoms with Gasteiger partial charge in [0.1, 0.15) is 4.60 Å². The fourth-order valence-electron chi connectivity index (χ4n) is 0.585. The summed E-state index contributed by atoms with van der Waals surface area (Å²) in [6.45, 7) is -2.87. The summed E-state index contributed by atoms with van der Waals surface area (Å²) in [5.74, 6) is -0.161. The van der Waals surface area contributed by atoms with E-state index in [1.54, 1.807) is 0 Å². The Kier molecular flexibility index (Phi) is 2.80. The first-order valence-corrected chi connectivity index (χ1v) is 3.75. The van der Waals surface area contributed by atoms with E-state index >= 15 is 0 Å².